The number of carboxylic acid groups (broad SMARTS) is 1. The lowest BCUT2D eigenvalue weighted by molar-refractivity contribution is 0.0697. The SMILES string of the molecule is CC1SCCN(C(=O)c2cccc(C(=O)O)c2)C1C. The third-order valence-electron chi connectivity index (χ3n) is 3.50. The van der Waals surface area contributed by atoms with Crippen LogP contribution in [-0.2, 0) is 0 Å². The summed E-state index contributed by atoms with van der Waals surface area (Å²) in [6.45, 7) is 4.87. The molecule has 0 aliphatic carbocycles. The first kappa shape index (κ1) is 13.9. The van der Waals surface area contributed by atoms with E-state index in [1.165, 1.54) is 12.1 Å². The van der Waals surface area contributed by atoms with Crippen molar-refractivity contribution in [1.82, 2.24) is 4.90 Å². The minimum absolute atomic E-state index is 0.0808. The Balaban J connectivity index is 2.23. The first-order valence-electron chi connectivity index (χ1n) is 6.26. The number of hydrogen-bond donors (Lipinski definition) is 1. The van der Waals surface area contributed by atoms with Gasteiger partial charge in [0.1, 0.15) is 0 Å². The van der Waals surface area contributed by atoms with Crippen LogP contribution in [0.1, 0.15) is 34.6 Å². The van der Waals surface area contributed by atoms with Crippen LogP contribution < -0.4 is 0 Å². The fourth-order valence-electron chi connectivity index (χ4n) is 2.17. The Morgan fingerprint density at radius 3 is 2.68 bits per heavy atom. The highest BCUT2D eigenvalue weighted by Crippen LogP contribution is 2.25. The van der Waals surface area contributed by atoms with E-state index < -0.39 is 5.97 Å². The van der Waals surface area contributed by atoms with E-state index in [1.807, 2.05) is 23.6 Å². The van der Waals surface area contributed by atoms with E-state index in [-0.39, 0.29) is 17.5 Å². The summed E-state index contributed by atoms with van der Waals surface area (Å²) in [6, 6.07) is 6.40. The fraction of sp³-hybridized carbons (Fsp3) is 0.429. The largest absolute Gasteiger partial charge is 0.478 e. The number of benzene rings is 1. The van der Waals surface area contributed by atoms with Gasteiger partial charge in [-0.2, -0.15) is 11.8 Å². The van der Waals surface area contributed by atoms with E-state index in [9.17, 15) is 9.59 Å². The predicted molar refractivity (Wildman–Crippen MR) is 75.8 cm³/mol. The van der Waals surface area contributed by atoms with Gasteiger partial charge in [0, 0.05) is 29.2 Å². The standard InChI is InChI=1S/C14H17NO3S/c1-9-10(2)19-7-6-15(9)13(16)11-4-3-5-12(8-11)14(17)18/h3-5,8-10H,6-7H2,1-2H3,(H,17,18). The Bertz CT molecular complexity index is 503. The Kier molecular flexibility index (Phi) is 4.14. The van der Waals surface area contributed by atoms with Crippen LogP contribution in [0.25, 0.3) is 0 Å². The van der Waals surface area contributed by atoms with Crippen molar-refractivity contribution in [2.45, 2.75) is 25.1 Å². The zero-order valence-electron chi connectivity index (χ0n) is 11.0. The molecule has 1 aliphatic rings. The highest BCUT2D eigenvalue weighted by atomic mass is 32.2. The molecule has 4 nitrogen and oxygen atoms in total. The van der Waals surface area contributed by atoms with E-state index in [0.29, 0.717) is 17.4 Å². The van der Waals surface area contributed by atoms with Crippen LogP contribution in [-0.4, -0.2) is 45.5 Å². The van der Waals surface area contributed by atoms with Gasteiger partial charge in [0.25, 0.3) is 5.91 Å². The highest BCUT2D eigenvalue weighted by molar-refractivity contribution is 8.00. The summed E-state index contributed by atoms with van der Waals surface area (Å²) in [5, 5.41) is 9.37. The van der Waals surface area contributed by atoms with Gasteiger partial charge in [0.15, 0.2) is 0 Å². The zero-order valence-corrected chi connectivity index (χ0v) is 11.8. The summed E-state index contributed by atoms with van der Waals surface area (Å²) in [7, 11) is 0. The molecule has 1 amide bonds. The normalized spacial score (nSPS) is 23.2. The van der Waals surface area contributed by atoms with Crippen LogP contribution in [0.5, 0.6) is 0 Å². The first-order chi connectivity index (χ1) is 9.00. The Morgan fingerprint density at radius 1 is 1.32 bits per heavy atom. The van der Waals surface area contributed by atoms with Gasteiger partial charge >= 0.3 is 5.97 Å². The van der Waals surface area contributed by atoms with Crippen LogP contribution in [0.15, 0.2) is 24.3 Å². The number of carbonyl (C=O) groups excluding carboxylic acids is 1. The van der Waals surface area contributed by atoms with Gasteiger partial charge in [0.05, 0.1) is 5.56 Å². The van der Waals surface area contributed by atoms with E-state index in [1.54, 1.807) is 12.1 Å². The zero-order chi connectivity index (χ0) is 14.0. The topological polar surface area (TPSA) is 57.6 Å². The lowest BCUT2D eigenvalue weighted by Crippen LogP contribution is -2.47. The van der Waals surface area contributed by atoms with Crippen molar-refractivity contribution in [3.63, 3.8) is 0 Å². The lowest BCUT2D eigenvalue weighted by Gasteiger charge is -2.37. The molecule has 1 heterocycles. The Hall–Kier alpha value is -1.49. The molecule has 5 heteroatoms. The maximum atomic E-state index is 12.5. The molecular formula is C14H17NO3S. The number of rotatable bonds is 2. The summed E-state index contributed by atoms with van der Waals surface area (Å²) in [5.74, 6) is -0.163. The molecule has 102 valence electrons. The van der Waals surface area contributed by atoms with Gasteiger partial charge in [0.2, 0.25) is 0 Å². The van der Waals surface area contributed by atoms with Gasteiger partial charge in [-0.05, 0) is 25.1 Å². The molecule has 19 heavy (non-hydrogen) atoms. The number of carbonyl (C=O) groups is 2. The summed E-state index contributed by atoms with van der Waals surface area (Å²) < 4.78 is 0. The third-order valence-corrected chi connectivity index (χ3v) is 4.84. The second kappa shape index (κ2) is 5.65. The molecule has 0 aromatic heterocycles. The highest BCUT2D eigenvalue weighted by Gasteiger charge is 2.29. The molecular weight excluding hydrogens is 262 g/mol. The van der Waals surface area contributed by atoms with Crippen molar-refractivity contribution >= 4 is 23.6 Å². The van der Waals surface area contributed by atoms with Crippen LogP contribution >= 0.6 is 11.8 Å². The van der Waals surface area contributed by atoms with Crippen LogP contribution in [0.2, 0.25) is 0 Å². The van der Waals surface area contributed by atoms with E-state index in [4.69, 9.17) is 5.11 Å². The number of aromatic carboxylic acids is 1. The van der Waals surface area contributed by atoms with Gasteiger partial charge in [-0.1, -0.05) is 13.0 Å². The molecule has 2 atom stereocenters. The lowest BCUT2D eigenvalue weighted by atomic mass is 10.1. The minimum Gasteiger partial charge on any atom is -0.478 e. The Morgan fingerprint density at radius 2 is 2.00 bits per heavy atom. The molecule has 2 unspecified atom stereocenters. The molecule has 0 spiro atoms. The van der Waals surface area contributed by atoms with Gasteiger partial charge < -0.3 is 10.0 Å². The van der Waals surface area contributed by atoms with Gasteiger partial charge in [-0.15, -0.1) is 0 Å². The molecule has 1 N–H and O–H groups in total. The molecule has 1 aliphatic heterocycles. The molecule has 1 aromatic carbocycles. The predicted octanol–water partition coefficient (Wildman–Crippen LogP) is 2.35. The number of nitrogens with zero attached hydrogens (tertiary/aromatic N) is 1. The third kappa shape index (κ3) is 2.92. The van der Waals surface area contributed by atoms with E-state index >= 15 is 0 Å². The van der Waals surface area contributed by atoms with Crippen molar-refractivity contribution in [2.75, 3.05) is 12.3 Å². The molecule has 0 radical (unpaired) electrons. The number of amides is 1. The smallest absolute Gasteiger partial charge is 0.335 e. The van der Waals surface area contributed by atoms with Gasteiger partial charge in [-0.3, -0.25) is 4.79 Å². The number of hydrogen-bond acceptors (Lipinski definition) is 3. The van der Waals surface area contributed by atoms with Crippen LogP contribution in [0.4, 0.5) is 0 Å². The second-order valence-corrected chi connectivity index (χ2v) is 6.19. The quantitative estimate of drug-likeness (QED) is 0.903. The fourth-order valence-corrected chi connectivity index (χ4v) is 3.27. The van der Waals surface area contributed by atoms with E-state index in [0.717, 1.165) is 5.75 Å². The number of thioether (sulfide) groups is 1. The van der Waals surface area contributed by atoms with Crippen molar-refractivity contribution in [3.8, 4) is 0 Å². The maximum absolute atomic E-state index is 12.5. The Labute approximate surface area is 116 Å². The average molecular weight is 279 g/mol. The summed E-state index contributed by atoms with van der Waals surface area (Å²) in [5.41, 5.74) is 0.601. The van der Waals surface area contributed by atoms with Crippen molar-refractivity contribution < 1.29 is 14.7 Å². The van der Waals surface area contributed by atoms with Gasteiger partial charge in [-0.25, -0.2) is 4.79 Å². The molecule has 0 bridgehead atoms. The first-order valence-corrected chi connectivity index (χ1v) is 7.31. The molecule has 1 fully saturated rings. The van der Waals surface area contributed by atoms with Crippen molar-refractivity contribution in [3.05, 3.63) is 35.4 Å². The number of carboxylic acids is 1. The summed E-state index contributed by atoms with van der Waals surface area (Å²) >= 11 is 1.86. The molecule has 2 rings (SSSR count). The average Bonchev–Trinajstić information content (AvgIpc) is 2.41. The summed E-state index contributed by atoms with van der Waals surface area (Å²) in [4.78, 5) is 25.2. The summed E-state index contributed by atoms with van der Waals surface area (Å²) in [6.07, 6.45) is 0. The molecule has 1 saturated heterocycles. The van der Waals surface area contributed by atoms with Crippen LogP contribution in [0.3, 0.4) is 0 Å². The maximum Gasteiger partial charge on any atom is 0.335 e. The minimum atomic E-state index is -1.01. The molecule has 0 saturated carbocycles. The second-order valence-electron chi connectivity index (χ2n) is 4.70. The van der Waals surface area contributed by atoms with Crippen molar-refractivity contribution in [2.24, 2.45) is 0 Å². The van der Waals surface area contributed by atoms with Crippen LogP contribution in [0, 0.1) is 0 Å². The monoisotopic (exact) mass is 279 g/mol. The van der Waals surface area contributed by atoms with Crippen molar-refractivity contribution in [1.29, 1.82) is 0 Å². The molecule has 1 aromatic rings. The van der Waals surface area contributed by atoms with E-state index in [2.05, 4.69) is 6.92 Å².